The molecule has 0 unspecified atom stereocenters. The monoisotopic (exact) mass is 432 g/mol. The molecule has 0 saturated carbocycles. The van der Waals surface area contributed by atoms with E-state index >= 15 is 0 Å². The second-order valence-corrected chi connectivity index (χ2v) is 7.22. The number of likely N-dealkylation sites (tertiary alicyclic amines) is 1. The first-order valence-electron chi connectivity index (χ1n) is 8.07. The molecule has 6 heteroatoms. The fraction of sp³-hybridized carbons (Fsp3) is 0.278. The van der Waals surface area contributed by atoms with Crippen molar-refractivity contribution in [2.75, 3.05) is 13.1 Å². The van der Waals surface area contributed by atoms with E-state index in [1.54, 1.807) is 0 Å². The van der Waals surface area contributed by atoms with Crippen LogP contribution >= 0.6 is 22.6 Å². The third-order valence-electron chi connectivity index (χ3n) is 4.52. The van der Waals surface area contributed by atoms with Gasteiger partial charge in [-0.25, -0.2) is 0 Å². The number of pyridine rings is 1. The highest BCUT2D eigenvalue weighted by molar-refractivity contribution is 14.1. The van der Waals surface area contributed by atoms with E-state index in [1.165, 1.54) is 0 Å². The summed E-state index contributed by atoms with van der Waals surface area (Å²) in [6.07, 6.45) is 4.01. The van der Waals surface area contributed by atoms with Crippen LogP contribution in [0.4, 0.5) is 0 Å². The number of aromatic nitrogens is 3. The topological polar surface area (TPSA) is 50.5 Å². The van der Waals surface area contributed by atoms with Crippen molar-refractivity contribution in [2.45, 2.75) is 18.8 Å². The van der Waals surface area contributed by atoms with Crippen molar-refractivity contribution in [1.29, 1.82) is 0 Å². The molecule has 0 bridgehead atoms. The van der Waals surface area contributed by atoms with Crippen molar-refractivity contribution in [3.05, 3.63) is 63.6 Å². The average Bonchev–Trinajstić information content (AvgIpc) is 3.06. The molecule has 1 aromatic carbocycles. The van der Waals surface area contributed by atoms with Crippen LogP contribution in [0.25, 0.3) is 5.65 Å². The number of carbonyl (C=O) groups excluding carboxylic acids is 1. The van der Waals surface area contributed by atoms with Gasteiger partial charge in [0.25, 0.3) is 5.91 Å². The summed E-state index contributed by atoms with van der Waals surface area (Å²) >= 11 is 2.23. The van der Waals surface area contributed by atoms with Gasteiger partial charge in [0.15, 0.2) is 5.65 Å². The number of piperidine rings is 1. The summed E-state index contributed by atoms with van der Waals surface area (Å²) in [5.74, 6) is 1.28. The molecule has 0 N–H and O–H groups in total. The molecule has 4 rings (SSSR count). The first-order chi connectivity index (χ1) is 11.7. The van der Waals surface area contributed by atoms with Crippen LogP contribution in [0.1, 0.15) is 34.9 Å². The lowest BCUT2D eigenvalue weighted by atomic mass is 9.96. The van der Waals surface area contributed by atoms with Crippen LogP contribution in [-0.4, -0.2) is 38.5 Å². The number of rotatable bonds is 2. The van der Waals surface area contributed by atoms with E-state index in [0.29, 0.717) is 6.54 Å². The summed E-state index contributed by atoms with van der Waals surface area (Å²) in [6, 6.07) is 13.7. The highest BCUT2D eigenvalue weighted by Crippen LogP contribution is 2.27. The molecule has 1 aliphatic heterocycles. The van der Waals surface area contributed by atoms with Gasteiger partial charge >= 0.3 is 0 Å². The minimum atomic E-state index is 0.110. The van der Waals surface area contributed by atoms with Gasteiger partial charge in [0.05, 0.1) is 5.56 Å². The van der Waals surface area contributed by atoms with E-state index in [0.717, 1.165) is 40.0 Å². The Morgan fingerprint density at radius 2 is 1.96 bits per heavy atom. The van der Waals surface area contributed by atoms with Gasteiger partial charge in [0.2, 0.25) is 0 Å². The second kappa shape index (κ2) is 6.51. The molecule has 1 fully saturated rings. The van der Waals surface area contributed by atoms with Gasteiger partial charge in [-0.2, -0.15) is 0 Å². The van der Waals surface area contributed by atoms with Crippen LogP contribution in [0, 0.1) is 3.57 Å². The van der Waals surface area contributed by atoms with Crippen molar-refractivity contribution < 1.29 is 4.79 Å². The van der Waals surface area contributed by atoms with Gasteiger partial charge in [-0.05, 0) is 59.7 Å². The van der Waals surface area contributed by atoms with Crippen LogP contribution in [0.15, 0.2) is 48.7 Å². The Hall–Kier alpha value is -1.96. The summed E-state index contributed by atoms with van der Waals surface area (Å²) in [4.78, 5) is 14.8. The van der Waals surface area contributed by atoms with Crippen LogP contribution in [0.5, 0.6) is 0 Å². The zero-order valence-electron chi connectivity index (χ0n) is 13.1. The fourth-order valence-electron chi connectivity index (χ4n) is 3.32. The highest BCUT2D eigenvalue weighted by atomic mass is 127. The smallest absolute Gasteiger partial charge is 0.254 e. The first kappa shape index (κ1) is 15.6. The standard InChI is InChI=1S/C18H17IN4O/c19-15-8-2-1-7-14(15)18(24)22-10-5-6-13(12-22)17-21-20-16-9-3-4-11-23(16)17/h1-4,7-9,11,13H,5-6,10,12H2/t13-/m0/s1. The predicted octanol–water partition coefficient (Wildman–Crippen LogP) is 3.35. The number of amides is 1. The largest absolute Gasteiger partial charge is 0.338 e. The number of halogens is 1. The summed E-state index contributed by atoms with van der Waals surface area (Å²) in [6.45, 7) is 1.50. The van der Waals surface area contributed by atoms with Crippen molar-refractivity contribution >= 4 is 34.1 Å². The molecule has 0 spiro atoms. The molecule has 5 nitrogen and oxygen atoms in total. The predicted molar refractivity (Wildman–Crippen MR) is 100 cm³/mol. The number of benzene rings is 1. The van der Waals surface area contributed by atoms with Gasteiger partial charge in [-0.3, -0.25) is 9.20 Å². The maximum absolute atomic E-state index is 12.9. The second-order valence-electron chi connectivity index (χ2n) is 6.06. The number of carbonyl (C=O) groups is 1. The molecule has 1 saturated heterocycles. The molecule has 3 heterocycles. The highest BCUT2D eigenvalue weighted by Gasteiger charge is 2.28. The van der Waals surface area contributed by atoms with E-state index in [2.05, 4.69) is 32.8 Å². The van der Waals surface area contributed by atoms with Crippen LogP contribution < -0.4 is 0 Å². The molecular formula is C18H17IN4O. The van der Waals surface area contributed by atoms with Crippen molar-refractivity contribution in [3.63, 3.8) is 0 Å². The Morgan fingerprint density at radius 3 is 2.83 bits per heavy atom. The molecule has 2 aromatic heterocycles. The molecule has 24 heavy (non-hydrogen) atoms. The van der Waals surface area contributed by atoms with E-state index in [-0.39, 0.29) is 11.8 Å². The van der Waals surface area contributed by atoms with Gasteiger partial charge in [-0.15, -0.1) is 10.2 Å². The molecule has 1 amide bonds. The van der Waals surface area contributed by atoms with E-state index in [1.807, 2.05) is 58.0 Å². The minimum Gasteiger partial charge on any atom is -0.338 e. The Morgan fingerprint density at radius 1 is 1.12 bits per heavy atom. The summed E-state index contributed by atoms with van der Waals surface area (Å²) < 4.78 is 3.03. The summed E-state index contributed by atoms with van der Waals surface area (Å²) in [5, 5.41) is 8.62. The quantitative estimate of drug-likeness (QED) is 0.584. The Labute approximate surface area is 153 Å². The summed E-state index contributed by atoms with van der Waals surface area (Å²) in [7, 11) is 0. The SMILES string of the molecule is O=C(c1ccccc1I)N1CCC[C@H](c2nnc3ccccn23)C1. The first-order valence-corrected chi connectivity index (χ1v) is 9.15. The van der Waals surface area contributed by atoms with Crippen molar-refractivity contribution in [2.24, 2.45) is 0 Å². The Kier molecular flexibility index (Phi) is 4.22. The lowest BCUT2D eigenvalue weighted by molar-refractivity contribution is 0.0703. The van der Waals surface area contributed by atoms with Crippen molar-refractivity contribution in [1.82, 2.24) is 19.5 Å². The fourth-order valence-corrected chi connectivity index (χ4v) is 3.93. The number of hydrogen-bond donors (Lipinski definition) is 0. The van der Waals surface area contributed by atoms with E-state index in [4.69, 9.17) is 0 Å². The lowest BCUT2D eigenvalue weighted by Gasteiger charge is -2.32. The zero-order valence-corrected chi connectivity index (χ0v) is 15.3. The van der Waals surface area contributed by atoms with Crippen LogP contribution in [0.3, 0.4) is 0 Å². The van der Waals surface area contributed by atoms with Gasteiger partial charge < -0.3 is 4.90 Å². The van der Waals surface area contributed by atoms with Gasteiger partial charge in [0, 0.05) is 28.8 Å². The maximum atomic E-state index is 12.9. The molecule has 1 aliphatic rings. The molecule has 0 aliphatic carbocycles. The van der Waals surface area contributed by atoms with E-state index in [9.17, 15) is 4.79 Å². The van der Waals surface area contributed by atoms with Crippen LogP contribution in [0.2, 0.25) is 0 Å². The van der Waals surface area contributed by atoms with E-state index < -0.39 is 0 Å². The summed E-state index contributed by atoms with van der Waals surface area (Å²) in [5.41, 5.74) is 1.64. The van der Waals surface area contributed by atoms with Gasteiger partial charge in [-0.1, -0.05) is 18.2 Å². The molecule has 0 radical (unpaired) electrons. The normalized spacial score (nSPS) is 18.0. The van der Waals surface area contributed by atoms with Crippen molar-refractivity contribution in [3.8, 4) is 0 Å². The van der Waals surface area contributed by atoms with Crippen LogP contribution in [-0.2, 0) is 0 Å². The number of nitrogens with zero attached hydrogens (tertiary/aromatic N) is 4. The van der Waals surface area contributed by atoms with Gasteiger partial charge in [0.1, 0.15) is 5.82 Å². The maximum Gasteiger partial charge on any atom is 0.254 e. The lowest BCUT2D eigenvalue weighted by Crippen LogP contribution is -2.39. The third kappa shape index (κ3) is 2.79. The third-order valence-corrected chi connectivity index (χ3v) is 5.46. The molecule has 122 valence electrons. The molecule has 3 aromatic rings. The average molecular weight is 432 g/mol. The minimum absolute atomic E-state index is 0.110. The Bertz CT molecular complexity index is 891. The number of hydrogen-bond acceptors (Lipinski definition) is 3. The molecular weight excluding hydrogens is 415 g/mol. The Balaban J connectivity index is 1.60. The zero-order chi connectivity index (χ0) is 16.5. The number of fused-ring (bicyclic) bond motifs is 1. The molecule has 1 atom stereocenters.